The molecule has 1 saturated carbocycles. The lowest BCUT2D eigenvalue weighted by atomic mass is 9.94. The highest BCUT2D eigenvalue weighted by molar-refractivity contribution is 5.68. The molecular formula is C16H30N2O2. The van der Waals surface area contributed by atoms with Crippen molar-refractivity contribution in [1.82, 2.24) is 10.2 Å². The first-order chi connectivity index (χ1) is 9.39. The fourth-order valence-electron chi connectivity index (χ4n) is 3.03. The number of nitrogens with one attached hydrogen (secondary N) is 1. The molecule has 116 valence electrons. The summed E-state index contributed by atoms with van der Waals surface area (Å²) in [5, 5.41) is 3.62. The Morgan fingerprint density at radius 2 is 2.05 bits per heavy atom. The van der Waals surface area contributed by atoms with Gasteiger partial charge in [-0.15, -0.1) is 0 Å². The van der Waals surface area contributed by atoms with Gasteiger partial charge in [-0.05, 0) is 52.0 Å². The van der Waals surface area contributed by atoms with Crippen molar-refractivity contribution >= 4 is 6.09 Å². The fourth-order valence-corrected chi connectivity index (χ4v) is 3.03. The normalized spacial score (nSPS) is 24.8. The number of hydrogen-bond donors (Lipinski definition) is 1. The Bertz CT molecular complexity index is 334. The largest absolute Gasteiger partial charge is 0.444 e. The van der Waals surface area contributed by atoms with E-state index in [-0.39, 0.29) is 6.09 Å². The van der Waals surface area contributed by atoms with E-state index in [2.05, 4.69) is 12.2 Å². The third kappa shape index (κ3) is 4.65. The predicted octanol–water partition coefficient (Wildman–Crippen LogP) is 3.02. The zero-order valence-electron chi connectivity index (χ0n) is 13.4. The summed E-state index contributed by atoms with van der Waals surface area (Å²) in [6.07, 6.45) is 5.01. The van der Waals surface area contributed by atoms with E-state index in [0.29, 0.717) is 12.0 Å². The van der Waals surface area contributed by atoms with Crippen molar-refractivity contribution in [2.24, 2.45) is 11.8 Å². The molecule has 2 atom stereocenters. The van der Waals surface area contributed by atoms with E-state index in [1.54, 1.807) is 0 Å². The molecule has 1 aliphatic carbocycles. The first-order valence-corrected chi connectivity index (χ1v) is 8.10. The zero-order valence-corrected chi connectivity index (χ0v) is 13.4. The Hall–Kier alpha value is -0.770. The Morgan fingerprint density at radius 1 is 1.35 bits per heavy atom. The number of amides is 1. The first-order valence-electron chi connectivity index (χ1n) is 8.10. The molecule has 1 aliphatic heterocycles. The van der Waals surface area contributed by atoms with Gasteiger partial charge in [-0.1, -0.05) is 19.8 Å². The quantitative estimate of drug-likeness (QED) is 0.842. The van der Waals surface area contributed by atoms with Crippen LogP contribution in [-0.4, -0.2) is 42.3 Å². The SMILES string of the molecule is CCNC(CC1CC1)C1CCN(C(=O)OC(C)(C)C)C1. The maximum absolute atomic E-state index is 12.1. The van der Waals surface area contributed by atoms with Gasteiger partial charge in [0.1, 0.15) is 5.60 Å². The highest BCUT2D eigenvalue weighted by Gasteiger charge is 2.36. The number of carbonyl (C=O) groups excluding carboxylic acids is 1. The second kappa shape index (κ2) is 6.33. The number of hydrogen-bond acceptors (Lipinski definition) is 3. The lowest BCUT2D eigenvalue weighted by molar-refractivity contribution is 0.0285. The molecule has 4 nitrogen and oxygen atoms in total. The molecule has 0 aromatic carbocycles. The van der Waals surface area contributed by atoms with E-state index in [1.807, 2.05) is 25.7 Å². The minimum Gasteiger partial charge on any atom is -0.444 e. The van der Waals surface area contributed by atoms with Gasteiger partial charge in [-0.3, -0.25) is 0 Å². The highest BCUT2D eigenvalue weighted by atomic mass is 16.6. The van der Waals surface area contributed by atoms with Gasteiger partial charge in [-0.2, -0.15) is 0 Å². The number of nitrogens with zero attached hydrogens (tertiary/aromatic N) is 1. The van der Waals surface area contributed by atoms with Crippen molar-refractivity contribution in [3.8, 4) is 0 Å². The maximum Gasteiger partial charge on any atom is 0.410 e. The van der Waals surface area contributed by atoms with Crippen LogP contribution in [0.4, 0.5) is 4.79 Å². The monoisotopic (exact) mass is 282 g/mol. The number of rotatable bonds is 5. The second-order valence-corrected chi connectivity index (χ2v) is 7.32. The van der Waals surface area contributed by atoms with Crippen LogP contribution in [0, 0.1) is 11.8 Å². The van der Waals surface area contributed by atoms with Crippen molar-refractivity contribution in [2.75, 3.05) is 19.6 Å². The predicted molar refractivity (Wildman–Crippen MR) is 80.7 cm³/mol. The third-order valence-electron chi connectivity index (χ3n) is 4.20. The van der Waals surface area contributed by atoms with Crippen molar-refractivity contribution in [2.45, 2.75) is 65.0 Å². The van der Waals surface area contributed by atoms with E-state index in [1.165, 1.54) is 19.3 Å². The van der Waals surface area contributed by atoms with E-state index in [4.69, 9.17) is 4.74 Å². The van der Waals surface area contributed by atoms with Crippen LogP contribution in [0.1, 0.15) is 53.4 Å². The van der Waals surface area contributed by atoms with Crippen LogP contribution < -0.4 is 5.32 Å². The van der Waals surface area contributed by atoms with Crippen LogP contribution in [0.3, 0.4) is 0 Å². The van der Waals surface area contributed by atoms with Gasteiger partial charge in [0.2, 0.25) is 0 Å². The lowest BCUT2D eigenvalue weighted by Gasteiger charge is -2.26. The molecule has 1 heterocycles. The molecule has 0 bridgehead atoms. The van der Waals surface area contributed by atoms with Crippen LogP contribution in [0.15, 0.2) is 0 Å². The molecule has 0 spiro atoms. The third-order valence-corrected chi connectivity index (χ3v) is 4.20. The standard InChI is InChI=1S/C16H30N2O2/c1-5-17-14(10-12-6-7-12)13-8-9-18(11-13)15(19)20-16(2,3)4/h12-14,17H,5-11H2,1-4H3. The van der Waals surface area contributed by atoms with Crippen molar-refractivity contribution in [3.05, 3.63) is 0 Å². The Labute approximate surface area is 123 Å². The Balaban J connectivity index is 1.84. The first kappa shape index (κ1) is 15.6. The van der Waals surface area contributed by atoms with Gasteiger partial charge in [0, 0.05) is 19.1 Å². The van der Waals surface area contributed by atoms with Crippen LogP contribution in [0.25, 0.3) is 0 Å². The van der Waals surface area contributed by atoms with Gasteiger partial charge in [0.15, 0.2) is 0 Å². The van der Waals surface area contributed by atoms with Gasteiger partial charge >= 0.3 is 6.09 Å². The zero-order chi connectivity index (χ0) is 14.8. The van der Waals surface area contributed by atoms with Gasteiger partial charge in [0.25, 0.3) is 0 Å². The lowest BCUT2D eigenvalue weighted by Crippen LogP contribution is -2.40. The smallest absolute Gasteiger partial charge is 0.410 e. The van der Waals surface area contributed by atoms with E-state index < -0.39 is 5.60 Å². The van der Waals surface area contributed by atoms with Crippen LogP contribution in [0.5, 0.6) is 0 Å². The van der Waals surface area contributed by atoms with Gasteiger partial charge in [-0.25, -0.2) is 4.79 Å². The average molecular weight is 282 g/mol. The molecular weight excluding hydrogens is 252 g/mol. The summed E-state index contributed by atoms with van der Waals surface area (Å²) in [6.45, 7) is 10.6. The van der Waals surface area contributed by atoms with Gasteiger partial charge in [0.05, 0.1) is 0 Å². The van der Waals surface area contributed by atoms with Crippen LogP contribution in [-0.2, 0) is 4.74 Å². The molecule has 2 unspecified atom stereocenters. The summed E-state index contributed by atoms with van der Waals surface area (Å²) in [4.78, 5) is 14.0. The summed E-state index contributed by atoms with van der Waals surface area (Å²) in [5.74, 6) is 1.51. The average Bonchev–Trinajstić information content (AvgIpc) is 3.01. The summed E-state index contributed by atoms with van der Waals surface area (Å²) in [5.41, 5.74) is -0.399. The second-order valence-electron chi connectivity index (χ2n) is 7.32. The van der Waals surface area contributed by atoms with Crippen molar-refractivity contribution < 1.29 is 9.53 Å². The molecule has 0 aromatic heterocycles. The number of carbonyl (C=O) groups is 1. The number of ether oxygens (including phenoxy) is 1. The Kier molecular flexibility index (Phi) is 4.95. The topological polar surface area (TPSA) is 41.6 Å². The van der Waals surface area contributed by atoms with E-state index in [9.17, 15) is 4.79 Å². The molecule has 1 saturated heterocycles. The summed E-state index contributed by atoms with van der Waals surface area (Å²) >= 11 is 0. The van der Waals surface area contributed by atoms with E-state index >= 15 is 0 Å². The molecule has 2 fully saturated rings. The molecule has 1 N–H and O–H groups in total. The summed E-state index contributed by atoms with van der Waals surface area (Å²) in [7, 11) is 0. The molecule has 0 radical (unpaired) electrons. The minimum absolute atomic E-state index is 0.151. The van der Waals surface area contributed by atoms with Gasteiger partial charge < -0.3 is 15.0 Å². The van der Waals surface area contributed by atoms with Crippen molar-refractivity contribution in [3.63, 3.8) is 0 Å². The van der Waals surface area contributed by atoms with Crippen LogP contribution >= 0.6 is 0 Å². The van der Waals surface area contributed by atoms with Crippen molar-refractivity contribution in [1.29, 1.82) is 0 Å². The maximum atomic E-state index is 12.1. The molecule has 0 aromatic rings. The highest BCUT2D eigenvalue weighted by Crippen LogP contribution is 2.36. The summed E-state index contributed by atoms with van der Waals surface area (Å²) < 4.78 is 5.47. The molecule has 2 aliphatic rings. The number of likely N-dealkylation sites (tertiary alicyclic amines) is 1. The summed E-state index contributed by atoms with van der Waals surface area (Å²) in [6, 6.07) is 0.569. The minimum atomic E-state index is -0.399. The Morgan fingerprint density at radius 3 is 2.60 bits per heavy atom. The molecule has 20 heavy (non-hydrogen) atoms. The van der Waals surface area contributed by atoms with Crippen LogP contribution in [0.2, 0.25) is 0 Å². The molecule has 4 heteroatoms. The van der Waals surface area contributed by atoms with E-state index in [0.717, 1.165) is 32.0 Å². The fraction of sp³-hybridized carbons (Fsp3) is 0.938. The molecule has 1 amide bonds. The molecule has 2 rings (SSSR count).